The number of carbonyl (C=O) groups excluding carboxylic acids is 1. The smallest absolute Gasteiger partial charge is 0.185 e. The Labute approximate surface area is 121 Å². The third kappa shape index (κ3) is 3.56. The number of thiophene rings is 1. The minimum atomic E-state index is -0.00623. The lowest BCUT2D eigenvalue weighted by Crippen LogP contribution is -2.04. The van der Waals surface area contributed by atoms with Crippen LogP contribution in [0.1, 0.15) is 15.9 Å². The molecule has 1 aliphatic heterocycles. The summed E-state index contributed by atoms with van der Waals surface area (Å²) >= 11 is 1.61. The summed E-state index contributed by atoms with van der Waals surface area (Å²) in [6.07, 6.45) is 3.66. The van der Waals surface area contributed by atoms with Crippen molar-refractivity contribution in [2.45, 2.75) is 6.10 Å². The fourth-order valence-corrected chi connectivity index (χ4v) is 2.34. The Kier molecular flexibility index (Phi) is 3.95. The quantitative estimate of drug-likeness (QED) is 0.464. The highest BCUT2D eigenvalue weighted by molar-refractivity contribution is 7.08. The van der Waals surface area contributed by atoms with Crippen molar-refractivity contribution in [1.82, 2.24) is 0 Å². The molecular weight excluding hydrogens is 272 g/mol. The van der Waals surface area contributed by atoms with Crippen molar-refractivity contribution in [2.75, 3.05) is 13.2 Å². The summed E-state index contributed by atoms with van der Waals surface area (Å²) < 4.78 is 10.6. The molecule has 0 aliphatic carbocycles. The largest absolute Gasteiger partial charge is 0.491 e. The Hall–Kier alpha value is -1.91. The van der Waals surface area contributed by atoms with Gasteiger partial charge < -0.3 is 9.47 Å². The molecule has 1 fully saturated rings. The lowest BCUT2D eigenvalue weighted by atomic mass is 10.1. The minimum Gasteiger partial charge on any atom is -0.491 e. The topological polar surface area (TPSA) is 38.8 Å². The molecule has 0 saturated carbocycles. The summed E-state index contributed by atoms with van der Waals surface area (Å²) in [5, 5.41) is 3.99. The van der Waals surface area contributed by atoms with Gasteiger partial charge in [0.15, 0.2) is 5.78 Å². The van der Waals surface area contributed by atoms with Crippen LogP contribution in [0.5, 0.6) is 5.75 Å². The lowest BCUT2D eigenvalue weighted by molar-refractivity contribution is 0.104. The SMILES string of the molecule is O=C(/C=C/c1ccsc1)c1ccc(OCC2CO2)cc1. The van der Waals surface area contributed by atoms with E-state index in [0.717, 1.165) is 17.9 Å². The Morgan fingerprint density at radius 2 is 2.15 bits per heavy atom. The molecule has 0 bridgehead atoms. The van der Waals surface area contributed by atoms with Crippen molar-refractivity contribution in [2.24, 2.45) is 0 Å². The van der Waals surface area contributed by atoms with Gasteiger partial charge in [0.1, 0.15) is 18.5 Å². The normalized spacial score (nSPS) is 17.3. The number of allylic oxidation sites excluding steroid dienone is 1. The van der Waals surface area contributed by atoms with Crippen LogP contribution in [0, 0.1) is 0 Å². The standard InChI is InChI=1S/C16H14O3S/c17-16(6-1-12-7-8-20-11-12)13-2-4-14(5-3-13)18-9-15-10-19-15/h1-8,11,15H,9-10H2/b6-1+. The van der Waals surface area contributed by atoms with Gasteiger partial charge in [-0.25, -0.2) is 0 Å². The third-order valence-electron chi connectivity index (χ3n) is 2.95. The van der Waals surface area contributed by atoms with Crippen LogP contribution in [0.2, 0.25) is 0 Å². The minimum absolute atomic E-state index is 0.00623. The molecule has 1 atom stereocenters. The number of benzene rings is 1. The average Bonchev–Trinajstić information content (AvgIpc) is 3.17. The highest BCUT2D eigenvalue weighted by Crippen LogP contribution is 2.16. The zero-order chi connectivity index (χ0) is 13.8. The second-order valence-electron chi connectivity index (χ2n) is 4.54. The molecule has 1 aliphatic rings. The zero-order valence-electron chi connectivity index (χ0n) is 10.8. The predicted octanol–water partition coefficient (Wildman–Crippen LogP) is 3.42. The second-order valence-corrected chi connectivity index (χ2v) is 5.33. The average molecular weight is 286 g/mol. The van der Waals surface area contributed by atoms with Gasteiger partial charge in [-0.2, -0.15) is 11.3 Å². The number of hydrogen-bond acceptors (Lipinski definition) is 4. The van der Waals surface area contributed by atoms with Crippen LogP contribution in [0.25, 0.3) is 6.08 Å². The Morgan fingerprint density at radius 1 is 1.35 bits per heavy atom. The van der Waals surface area contributed by atoms with Crippen LogP contribution < -0.4 is 4.74 Å². The van der Waals surface area contributed by atoms with Crippen molar-refractivity contribution in [1.29, 1.82) is 0 Å². The van der Waals surface area contributed by atoms with E-state index in [1.807, 2.05) is 35.0 Å². The number of epoxide rings is 1. The maximum Gasteiger partial charge on any atom is 0.185 e. The predicted molar refractivity (Wildman–Crippen MR) is 79.4 cm³/mol. The molecule has 4 heteroatoms. The highest BCUT2D eigenvalue weighted by Gasteiger charge is 2.22. The first-order valence-corrected chi connectivity index (χ1v) is 7.34. The summed E-state index contributed by atoms with van der Waals surface area (Å²) in [6, 6.07) is 9.17. The van der Waals surface area contributed by atoms with E-state index in [4.69, 9.17) is 9.47 Å². The monoisotopic (exact) mass is 286 g/mol. The summed E-state index contributed by atoms with van der Waals surface area (Å²) in [5.74, 6) is 0.757. The second kappa shape index (κ2) is 6.03. The zero-order valence-corrected chi connectivity index (χ0v) is 11.6. The summed E-state index contributed by atoms with van der Waals surface area (Å²) in [4.78, 5) is 12.0. The van der Waals surface area contributed by atoms with Gasteiger partial charge in [-0.05, 0) is 52.7 Å². The number of ketones is 1. The van der Waals surface area contributed by atoms with E-state index in [2.05, 4.69) is 0 Å². The van der Waals surface area contributed by atoms with E-state index >= 15 is 0 Å². The van der Waals surface area contributed by atoms with E-state index in [-0.39, 0.29) is 11.9 Å². The molecule has 20 heavy (non-hydrogen) atoms. The number of carbonyl (C=O) groups is 1. The molecule has 1 aromatic heterocycles. The number of hydrogen-bond donors (Lipinski definition) is 0. The molecule has 1 saturated heterocycles. The molecule has 102 valence electrons. The molecule has 3 nitrogen and oxygen atoms in total. The highest BCUT2D eigenvalue weighted by atomic mass is 32.1. The van der Waals surface area contributed by atoms with Gasteiger partial charge in [-0.1, -0.05) is 6.08 Å². The van der Waals surface area contributed by atoms with Gasteiger partial charge in [0.25, 0.3) is 0 Å². The maximum absolute atomic E-state index is 12.0. The van der Waals surface area contributed by atoms with Crippen LogP contribution in [0.3, 0.4) is 0 Å². The lowest BCUT2D eigenvalue weighted by Gasteiger charge is -2.04. The van der Waals surface area contributed by atoms with Crippen LogP contribution in [-0.2, 0) is 4.74 Å². The summed E-state index contributed by atoms with van der Waals surface area (Å²) in [7, 11) is 0. The van der Waals surface area contributed by atoms with Gasteiger partial charge in [0, 0.05) is 5.56 Å². The van der Waals surface area contributed by atoms with E-state index in [9.17, 15) is 4.79 Å². The van der Waals surface area contributed by atoms with E-state index in [0.29, 0.717) is 12.2 Å². The van der Waals surface area contributed by atoms with Gasteiger partial charge in [0.05, 0.1) is 6.61 Å². The molecule has 0 amide bonds. The first-order chi connectivity index (χ1) is 9.81. The van der Waals surface area contributed by atoms with Crippen molar-refractivity contribution in [3.05, 3.63) is 58.3 Å². The first-order valence-electron chi connectivity index (χ1n) is 6.40. The molecule has 0 N–H and O–H groups in total. The maximum atomic E-state index is 12.0. The van der Waals surface area contributed by atoms with E-state index < -0.39 is 0 Å². The van der Waals surface area contributed by atoms with Crippen LogP contribution in [0.15, 0.2) is 47.2 Å². The summed E-state index contributed by atoms with van der Waals surface area (Å²) in [5.41, 5.74) is 1.71. The first kappa shape index (κ1) is 13.1. The number of ether oxygens (including phenoxy) is 2. The molecular formula is C16H14O3S. The molecule has 0 radical (unpaired) electrons. The van der Waals surface area contributed by atoms with E-state index in [1.165, 1.54) is 0 Å². The van der Waals surface area contributed by atoms with Crippen molar-refractivity contribution < 1.29 is 14.3 Å². The van der Waals surface area contributed by atoms with Gasteiger partial charge in [-0.15, -0.1) is 0 Å². The Balaban J connectivity index is 1.59. The number of rotatable bonds is 6. The molecule has 1 aromatic carbocycles. The van der Waals surface area contributed by atoms with Crippen LogP contribution in [-0.4, -0.2) is 25.1 Å². The molecule has 1 unspecified atom stereocenters. The fourth-order valence-electron chi connectivity index (χ4n) is 1.71. The van der Waals surface area contributed by atoms with Crippen molar-refractivity contribution >= 4 is 23.2 Å². The molecule has 0 spiro atoms. The van der Waals surface area contributed by atoms with Crippen LogP contribution in [0.4, 0.5) is 0 Å². The van der Waals surface area contributed by atoms with Crippen molar-refractivity contribution in [3.8, 4) is 5.75 Å². The van der Waals surface area contributed by atoms with Crippen molar-refractivity contribution in [3.63, 3.8) is 0 Å². The van der Waals surface area contributed by atoms with Gasteiger partial charge >= 0.3 is 0 Å². The Bertz CT molecular complexity index is 595. The molecule has 3 rings (SSSR count). The third-order valence-corrected chi connectivity index (χ3v) is 3.65. The van der Waals surface area contributed by atoms with E-state index in [1.54, 1.807) is 29.5 Å². The van der Waals surface area contributed by atoms with Gasteiger partial charge in [-0.3, -0.25) is 4.79 Å². The Morgan fingerprint density at radius 3 is 2.80 bits per heavy atom. The molecule has 2 heterocycles. The van der Waals surface area contributed by atoms with Gasteiger partial charge in [0.2, 0.25) is 0 Å². The fraction of sp³-hybridized carbons (Fsp3) is 0.188. The van der Waals surface area contributed by atoms with Crippen LogP contribution >= 0.6 is 11.3 Å². The molecule has 2 aromatic rings. The summed E-state index contributed by atoms with van der Waals surface area (Å²) in [6.45, 7) is 1.36.